The summed E-state index contributed by atoms with van der Waals surface area (Å²) >= 11 is 1.52. The molecule has 1 amide bonds. The molecule has 0 radical (unpaired) electrons. The van der Waals surface area contributed by atoms with E-state index in [4.69, 9.17) is 9.47 Å². The van der Waals surface area contributed by atoms with Crippen molar-refractivity contribution in [1.82, 2.24) is 5.32 Å². The van der Waals surface area contributed by atoms with Gasteiger partial charge in [-0.1, -0.05) is 0 Å². The van der Waals surface area contributed by atoms with Crippen molar-refractivity contribution in [3.8, 4) is 0 Å². The average Bonchev–Trinajstić information content (AvgIpc) is 2.77. The van der Waals surface area contributed by atoms with Crippen LogP contribution in [0.25, 0.3) is 0 Å². The number of hydrogen-bond acceptors (Lipinski definition) is 6. The van der Waals surface area contributed by atoms with Crippen molar-refractivity contribution in [2.24, 2.45) is 0 Å². The largest absolute Gasteiger partial charge is 0.464 e. The quantitative estimate of drug-likeness (QED) is 0.787. The first-order chi connectivity index (χ1) is 9.20. The Hall–Kier alpha value is -1.60. The fourth-order valence-corrected chi connectivity index (χ4v) is 3.45. The van der Waals surface area contributed by atoms with Crippen LogP contribution in [0.1, 0.15) is 27.7 Å². The van der Waals surface area contributed by atoms with Gasteiger partial charge in [0.2, 0.25) is 0 Å². The van der Waals surface area contributed by atoms with Crippen molar-refractivity contribution < 1.29 is 19.1 Å². The van der Waals surface area contributed by atoms with Gasteiger partial charge in [0, 0.05) is 11.3 Å². The third kappa shape index (κ3) is 2.08. The number of carbonyl (C=O) groups is 2. The number of fused-ring (bicyclic) bond motifs is 3. The summed E-state index contributed by atoms with van der Waals surface area (Å²) in [5, 5.41) is 6.74. The van der Waals surface area contributed by atoms with Gasteiger partial charge in [-0.25, -0.2) is 4.79 Å². The predicted octanol–water partition coefficient (Wildman–Crippen LogP) is 0.865. The standard InChI is InChI=1S/C12H14N2O4S/c1-2-17-12(16)7-3-6-8(4-18-7)19-11-9(6)10(15)13-5-14-11/h7,14H,2-5H2,1H3,(H,13,15). The first-order valence-corrected chi connectivity index (χ1v) is 6.97. The Kier molecular flexibility index (Phi) is 3.16. The van der Waals surface area contributed by atoms with Crippen LogP contribution < -0.4 is 10.6 Å². The second-order valence-corrected chi connectivity index (χ2v) is 5.43. The Labute approximate surface area is 114 Å². The Morgan fingerprint density at radius 3 is 3.16 bits per heavy atom. The Morgan fingerprint density at radius 2 is 2.37 bits per heavy atom. The molecule has 2 aliphatic rings. The highest BCUT2D eigenvalue weighted by atomic mass is 32.1. The summed E-state index contributed by atoms with van der Waals surface area (Å²) in [5.41, 5.74) is 1.57. The van der Waals surface area contributed by atoms with Gasteiger partial charge in [0.25, 0.3) is 5.91 Å². The van der Waals surface area contributed by atoms with Crippen molar-refractivity contribution in [2.45, 2.75) is 26.1 Å². The second kappa shape index (κ2) is 4.82. The summed E-state index contributed by atoms with van der Waals surface area (Å²) in [6, 6.07) is 0. The molecular formula is C12H14N2O4S. The Balaban J connectivity index is 1.90. The van der Waals surface area contributed by atoms with E-state index in [2.05, 4.69) is 10.6 Å². The molecule has 2 N–H and O–H groups in total. The summed E-state index contributed by atoms with van der Waals surface area (Å²) < 4.78 is 10.5. The number of ether oxygens (including phenoxy) is 2. The van der Waals surface area contributed by atoms with Crippen molar-refractivity contribution in [2.75, 3.05) is 18.6 Å². The van der Waals surface area contributed by atoms with Crippen molar-refractivity contribution in [1.29, 1.82) is 0 Å². The number of rotatable bonds is 2. The molecular weight excluding hydrogens is 268 g/mol. The third-order valence-electron chi connectivity index (χ3n) is 3.17. The molecule has 1 aromatic rings. The van der Waals surface area contributed by atoms with Crippen molar-refractivity contribution in [3.05, 3.63) is 16.0 Å². The molecule has 0 aromatic carbocycles. The van der Waals surface area contributed by atoms with Gasteiger partial charge in [0.15, 0.2) is 6.10 Å². The van der Waals surface area contributed by atoms with Crippen molar-refractivity contribution in [3.63, 3.8) is 0 Å². The summed E-state index contributed by atoms with van der Waals surface area (Å²) in [6.45, 7) is 2.88. The number of carbonyl (C=O) groups excluding carboxylic acids is 2. The highest BCUT2D eigenvalue weighted by Gasteiger charge is 2.34. The molecule has 3 rings (SSSR count). The topological polar surface area (TPSA) is 76.7 Å². The zero-order valence-corrected chi connectivity index (χ0v) is 11.3. The van der Waals surface area contributed by atoms with Crippen LogP contribution >= 0.6 is 11.3 Å². The van der Waals surface area contributed by atoms with E-state index in [9.17, 15) is 9.59 Å². The number of hydrogen-bond donors (Lipinski definition) is 2. The molecule has 0 saturated heterocycles. The van der Waals surface area contributed by atoms with Gasteiger partial charge >= 0.3 is 5.97 Å². The van der Waals surface area contributed by atoms with Crippen LogP contribution in [0.3, 0.4) is 0 Å². The maximum absolute atomic E-state index is 11.9. The lowest BCUT2D eigenvalue weighted by Gasteiger charge is -2.22. The van der Waals surface area contributed by atoms with Gasteiger partial charge in [-0.15, -0.1) is 11.3 Å². The Bertz CT molecular complexity index is 540. The fraction of sp³-hybridized carbons (Fsp3) is 0.500. The van der Waals surface area contributed by atoms with E-state index in [0.29, 0.717) is 31.9 Å². The number of nitrogens with one attached hydrogen (secondary N) is 2. The zero-order valence-electron chi connectivity index (χ0n) is 10.4. The van der Waals surface area contributed by atoms with Crippen molar-refractivity contribution >= 4 is 28.2 Å². The zero-order chi connectivity index (χ0) is 13.4. The maximum atomic E-state index is 11.9. The van der Waals surface area contributed by atoms with Crippen LogP contribution in [0.2, 0.25) is 0 Å². The first-order valence-electron chi connectivity index (χ1n) is 6.15. The minimum Gasteiger partial charge on any atom is -0.464 e. The van der Waals surface area contributed by atoms with Gasteiger partial charge < -0.3 is 20.1 Å². The van der Waals surface area contributed by atoms with Crippen LogP contribution in [0.5, 0.6) is 0 Å². The van der Waals surface area contributed by atoms with Gasteiger partial charge in [-0.05, 0) is 12.5 Å². The molecule has 0 saturated carbocycles. The highest BCUT2D eigenvalue weighted by molar-refractivity contribution is 7.16. The third-order valence-corrected chi connectivity index (χ3v) is 4.33. The van der Waals surface area contributed by atoms with Crippen LogP contribution in [0.4, 0.5) is 5.00 Å². The molecule has 0 bridgehead atoms. The second-order valence-electron chi connectivity index (χ2n) is 4.32. The SMILES string of the molecule is CCOC(=O)C1Cc2c(sc3c2C(=O)NCN3)CO1. The number of thiophene rings is 1. The lowest BCUT2D eigenvalue weighted by atomic mass is 10.00. The van der Waals surface area contributed by atoms with Gasteiger partial charge in [-0.3, -0.25) is 4.79 Å². The molecule has 3 heterocycles. The first kappa shape index (κ1) is 12.4. The average molecular weight is 282 g/mol. The molecule has 2 aliphatic heterocycles. The smallest absolute Gasteiger partial charge is 0.335 e. The molecule has 19 heavy (non-hydrogen) atoms. The molecule has 1 aromatic heterocycles. The molecule has 102 valence electrons. The lowest BCUT2D eigenvalue weighted by molar-refractivity contribution is -0.158. The van der Waals surface area contributed by atoms with Crippen LogP contribution in [0, 0.1) is 0 Å². The molecule has 0 fully saturated rings. The minimum atomic E-state index is -0.610. The molecule has 1 atom stereocenters. The maximum Gasteiger partial charge on any atom is 0.335 e. The van der Waals surface area contributed by atoms with Crippen LogP contribution in [0.15, 0.2) is 0 Å². The molecule has 0 aliphatic carbocycles. The summed E-state index contributed by atoms with van der Waals surface area (Å²) in [6.07, 6.45) is -0.212. The van der Waals surface area contributed by atoms with E-state index in [-0.39, 0.29) is 11.9 Å². The number of amides is 1. The van der Waals surface area contributed by atoms with E-state index in [1.807, 2.05) is 0 Å². The van der Waals surface area contributed by atoms with E-state index in [1.54, 1.807) is 6.92 Å². The summed E-state index contributed by atoms with van der Waals surface area (Å²) in [5.74, 6) is -0.451. The minimum absolute atomic E-state index is 0.0873. The molecule has 6 nitrogen and oxygen atoms in total. The van der Waals surface area contributed by atoms with Gasteiger partial charge in [0.1, 0.15) is 5.00 Å². The molecule has 7 heteroatoms. The molecule has 0 spiro atoms. The monoisotopic (exact) mass is 282 g/mol. The fourth-order valence-electron chi connectivity index (χ4n) is 2.31. The normalized spacial score (nSPS) is 20.9. The Morgan fingerprint density at radius 1 is 1.53 bits per heavy atom. The van der Waals surface area contributed by atoms with Gasteiger partial charge in [0.05, 0.1) is 25.4 Å². The number of anilines is 1. The lowest BCUT2D eigenvalue weighted by Crippen LogP contribution is -2.36. The van der Waals surface area contributed by atoms with E-state index in [1.165, 1.54) is 11.3 Å². The highest BCUT2D eigenvalue weighted by Crippen LogP contribution is 2.38. The van der Waals surface area contributed by atoms with Gasteiger partial charge in [-0.2, -0.15) is 0 Å². The van der Waals surface area contributed by atoms with E-state index in [0.717, 1.165) is 15.4 Å². The van der Waals surface area contributed by atoms with E-state index >= 15 is 0 Å². The summed E-state index contributed by atoms with van der Waals surface area (Å²) in [4.78, 5) is 24.6. The van der Waals surface area contributed by atoms with E-state index < -0.39 is 6.10 Å². The summed E-state index contributed by atoms with van der Waals surface area (Å²) in [7, 11) is 0. The predicted molar refractivity (Wildman–Crippen MR) is 69.2 cm³/mol. The number of esters is 1. The van der Waals surface area contributed by atoms with Crippen LogP contribution in [-0.2, 0) is 27.3 Å². The van der Waals surface area contributed by atoms with Crippen LogP contribution in [-0.4, -0.2) is 31.3 Å². The molecule has 1 unspecified atom stereocenters.